The van der Waals surface area contributed by atoms with Gasteiger partial charge in [-0.1, -0.05) is 24.3 Å². The molecule has 0 saturated carbocycles. The van der Waals surface area contributed by atoms with E-state index in [2.05, 4.69) is 18.2 Å². The summed E-state index contributed by atoms with van der Waals surface area (Å²) in [4.78, 5) is 16.7. The predicted octanol–water partition coefficient (Wildman–Crippen LogP) is 1.69. The number of rotatable bonds is 0. The number of carbonyl (C=O) groups is 1. The van der Waals surface area contributed by atoms with Crippen LogP contribution in [-0.4, -0.2) is 17.6 Å². The first-order valence-electron chi connectivity index (χ1n) is 5.33. The number of hydroxylamine groups is 2. The van der Waals surface area contributed by atoms with Gasteiger partial charge in [0, 0.05) is 6.54 Å². The average Bonchev–Trinajstić information content (AvgIpc) is 2.55. The van der Waals surface area contributed by atoms with Gasteiger partial charge in [0.1, 0.15) is 0 Å². The summed E-state index contributed by atoms with van der Waals surface area (Å²) in [5.41, 5.74) is 2.60. The summed E-state index contributed by atoms with van der Waals surface area (Å²) in [7, 11) is 0. The van der Waals surface area contributed by atoms with Crippen molar-refractivity contribution in [1.29, 1.82) is 0 Å². The van der Waals surface area contributed by atoms with Crippen molar-refractivity contribution < 1.29 is 9.63 Å². The summed E-state index contributed by atoms with van der Waals surface area (Å²) < 4.78 is 0. The predicted molar refractivity (Wildman–Crippen MR) is 54.8 cm³/mol. The number of hydrogen-bond donors (Lipinski definition) is 0. The van der Waals surface area contributed by atoms with E-state index in [1.807, 2.05) is 18.1 Å². The van der Waals surface area contributed by atoms with E-state index in [-0.39, 0.29) is 17.9 Å². The van der Waals surface area contributed by atoms with Crippen molar-refractivity contribution in [3.63, 3.8) is 0 Å². The molecule has 0 aromatic heterocycles. The fraction of sp³-hybridized carbons (Fsp3) is 0.417. The van der Waals surface area contributed by atoms with Gasteiger partial charge in [-0.3, -0.25) is 0 Å². The molecule has 3 nitrogen and oxygen atoms in total. The molecule has 0 amide bonds. The lowest BCUT2D eigenvalue weighted by Crippen LogP contribution is -2.31. The smallest absolute Gasteiger partial charge is 0.329 e. The van der Waals surface area contributed by atoms with Crippen LogP contribution in [0.3, 0.4) is 0 Å². The number of carbonyl (C=O) groups excluding carboxylic acids is 1. The quantitative estimate of drug-likeness (QED) is 0.642. The van der Waals surface area contributed by atoms with Crippen molar-refractivity contribution in [2.75, 3.05) is 6.54 Å². The molecule has 2 atom stereocenters. The Balaban J connectivity index is 2.08. The summed E-state index contributed by atoms with van der Waals surface area (Å²) in [6, 6.07) is 8.45. The van der Waals surface area contributed by atoms with Crippen LogP contribution in [0.5, 0.6) is 0 Å². The topological polar surface area (TPSA) is 29.5 Å². The molecule has 0 N–H and O–H groups in total. The Kier molecular flexibility index (Phi) is 1.83. The number of fused-ring (bicyclic) bond motifs is 3. The third kappa shape index (κ3) is 1.20. The first-order chi connectivity index (χ1) is 7.27. The minimum Gasteiger partial charge on any atom is -0.367 e. The van der Waals surface area contributed by atoms with Crippen LogP contribution in [0.4, 0.5) is 0 Å². The monoisotopic (exact) mass is 203 g/mol. The molecule has 3 heteroatoms. The fourth-order valence-electron chi connectivity index (χ4n) is 2.52. The van der Waals surface area contributed by atoms with Gasteiger partial charge >= 0.3 is 5.97 Å². The van der Waals surface area contributed by atoms with Gasteiger partial charge in [0.15, 0.2) is 0 Å². The summed E-state index contributed by atoms with van der Waals surface area (Å²) in [6.45, 7) is 2.76. The normalized spacial score (nSPS) is 29.5. The average molecular weight is 203 g/mol. The minimum atomic E-state index is -0.100. The number of hydrogen-bond acceptors (Lipinski definition) is 3. The van der Waals surface area contributed by atoms with Crippen LogP contribution in [0.15, 0.2) is 24.3 Å². The molecule has 1 aromatic rings. The van der Waals surface area contributed by atoms with Crippen molar-refractivity contribution in [2.45, 2.75) is 19.4 Å². The maximum atomic E-state index is 11.5. The van der Waals surface area contributed by atoms with Crippen molar-refractivity contribution in [2.24, 2.45) is 5.92 Å². The second-order valence-electron chi connectivity index (χ2n) is 4.23. The first-order valence-corrected chi connectivity index (χ1v) is 5.33. The maximum absolute atomic E-state index is 11.5. The lowest BCUT2D eigenvalue weighted by molar-refractivity contribution is -0.176. The highest BCUT2D eigenvalue weighted by Gasteiger charge is 2.43. The summed E-state index contributed by atoms with van der Waals surface area (Å²) in [5, 5.41) is 1.83. The lowest BCUT2D eigenvalue weighted by Gasteiger charge is -2.29. The molecule has 1 saturated heterocycles. The molecule has 2 aliphatic heterocycles. The Morgan fingerprint density at radius 1 is 1.40 bits per heavy atom. The van der Waals surface area contributed by atoms with Crippen molar-refractivity contribution >= 4 is 5.97 Å². The van der Waals surface area contributed by atoms with Gasteiger partial charge in [-0.05, 0) is 24.5 Å². The van der Waals surface area contributed by atoms with Crippen LogP contribution in [0.1, 0.15) is 24.1 Å². The summed E-state index contributed by atoms with van der Waals surface area (Å²) >= 11 is 0. The van der Waals surface area contributed by atoms with Crippen LogP contribution in [0.2, 0.25) is 0 Å². The molecular formula is C12H13NO2. The van der Waals surface area contributed by atoms with Crippen LogP contribution < -0.4 is 0 Å². The fourth-order valence-corrected chi connectivity index (χ4v) is 2.52. The molecule has 0 bridgehead atoms. The Labute approximate surface area is 88.6 Å². The van der Waals surface area contributed by atoms with E-state index in [1.165, 1.54) is 11.1 Å². The molecule has 1 aromatic carbocycles. The Morgan fingerprint density at radius 3 is 3.07 bits per heavy atom. The highest BCUT2D eigenvalue weighted by Crippen LogP contribution is 2.40. The standard InChI is InChI=1S/C12H13NO2/c1-8-11-10-5-3-2-4-9(10)6-7-13(11)15-12(8)14/h2-5,8,11H,6-7H2,1H3. The van der Waals surface area contributed by atoms with Crippen LogP contribution >= 0.6 is 0 Å². The van der Waals surface area contributed by atoms with Crippen molar-refractivity contribution in [3.8, 4) is 0 Å². The largest absolute Gasteiger partial charge is 0.367 e. The van der Waals surface area contributed by atoms with E-state index in [4.69, 9.17) is 4.84 Å². The molecule has 2 unspecified atom stereocenters. The highest BCUT2D eigenvalue weighted by molar-refractivity contribution is 5.75. The van der Waals surface area contributed by atoms with E-state index >= 15 is 0 Å². The lowest BCUT2D eigenvalue weighted by atomic mass is 9.88. The zero-order chi connectivity index (χ0) is 10.4. The zero-order valence-corrected chi connectivity index (χ0v) is 8.64. The van der Waals surface area contributed by atoms with Crippen molar-refractivity contribution in [3.05, 3.63) is 35.4 Å². The third-order valence-electron chi connectivity index (χ3n) is 3.34. The molecule has 1 fully saturated rings. The van der Waals surface area contributed by atoms with Gasteiger partial charge in [0.05, 0.1) is 12.0 Å². The van der Waals surface area contributed by atoms with Crippen molar-refractivity contribution in [1.82, 2.24) is 5.06 Å². The molecule has 0 aliphatic carbocycles. The Hall–Kier alpha value is -1.35. The number of benzene rings is 1. The van der Waals surface area contributed by atoms with E-state index in [9.17, 15) is 4.79 Å². The van der Waals surface area contributed by atoms with E-state index in [1.54, 1.807) is 0 Å². The molecule has 0 radical (unpaired) electrons. The SMILES string of the molecule is CC1C(=O)ON2CCc3ccccc3C12. The zero-order valence-electron chi connectivity index (χ0n) is 8.64. The second-order valence-corrected chi connectivity index (χ2v) is 4.23. The first kappa shape index (κ1) is 8.92. The van der Waals surface area contributed by atoms with Gasteiger partial charge in [-0.15, -0.1) is 5.06 Å². The van der Waals surface area contributed by atoms with Gasteiger partial charge in [-0.25, -0.2) is 4.79 Å². The Morgan fingerprint density at radius 2 is 2.20 bits per heavy atom. The number of nitrogens with zero attached hydrogens (tertiary/aromatic N) is 1. The molecular weight excluding hydrogens is 190 g/mol. The highest BCUT2D eigenvalue weighted by atomic mass is 16.7. The van der Waals surface area contributed by atoms with Gasteiger partial charge < -0.3 is 4.84 Å². The maximum Gasteiger partial charge on any atom is 0.329 e. The van der Waals surface area contributed by atoms with Crippen LogP contribution in [0, 0.1) is 5.92 Å². The van der Waals surface area contributed by atoms with E-state index in [0.717, 1.165) is 13.0 Å². The van der Waals surface area contributed by atoms with Gasteiger partial charge in [-0.2, -0.15) is 0 Å². The molecule has 15 heavy (non-hydrogen) atoms. The summed E-state index contributed by atoms with van der Waals surface area (Å²) in [5.74, 6) is -0.150. The second kappa shape index (κ2) is 3.07. The van der Waals surface area contributed by atoms with Crippen LogP contribution in [0.25, 0.3) is 0 Å². The molecule has 78 valence electrons. The Bertz CT molecular complexity index is 416. The van der Waals surface area contributed by atoms with Crippen LogP contribution in [-0.2, 0) is 16.1 Å². The van der Waals surface area contributed by atoms with Gasteiger partial charge in [0.2, 0.25) is 0 Å². The molecule has 0 spiro atoms. The van der Waals surface area contributed by atoms with Gasteiger partial charge in [0.25, 0.3) is 0 Å². The minimum absolute atomic E-state index is 0.0496. The van der Waals surface area contributed by atoms with E-state index < -0.39 is 0 Å². The molecule has 2 aliphatic rings. The third-order valence-corrected chi connectivity index (χ3v) is 3.34. The molecule has 3 rings (SSSR count). The molecule has 2 heterocycles. The summed E-state index contributed by atoms with van der Waals surface area (Å²) in [6.07, 6.45) is 0.965. The van der Waals surface area contributed by atoms with E-state index in [0.29, 0.717) is 0 Å².